The van der Waals surface area contributed by atoms with E-state index in [4.69, 9.17) is 4.74 Å². The number of hydrogen-bond donors (Lipinski definition) is 5. The highest BCUT2D eigenvalue weighted by atomic mass is 32.2. The van der Waals surface area contributed by atoms with Gasteiger partial charge >= 0.3 is 5.97 Å². The normalized spacial score (nSPS) is 18.3. The zero-order valence-corrected chi connectivity index (χ0v) is 31.5. The monoisotopic (exact) mass is 750 g/mol. The number of carbonyl (C=O) groups excluding carboxylic acids is 3. The van der Waals surface area contributed by atoms with E-state index in [1.807, 2.05) is 12.1 Å². The number of aromatic nitrogens is 2. The average molecular weight is 751 g/mol. The number of sulfone groups is 1. The number of rotatable bonds is 19. The molecule has 12 nitrogen and oxygen atoms in total. The molecule has 0 unspecified atom stereocenters. The van der Waals surface area contributed by atoms with Crippen LogP contribution in [0.1, 0.15) is 82.0 Å². The molecule has 5 rings (SSSR count). The zero-order valence-electron chi connectivity index (χ0n) is 30.7. The Balaban J connectivity index is 1.36. The van der Waals surface area contributed by atoms with E-state index in [1.165, 1.54) is 20.2 Å². The topological polar surface area (TPSA) is 188 Å². The maximum atomic E-state index is 14.2. The van der Waals surface area contributed by atoms with Gasteiger partial charge in [0.25, 0.3) is 0 Å². The number of amides is 2. The van der Waals surface area contributed by atoms with Crippen LogP contribution in [0, 0.1) is 17.8 Å². The molecule has 0 bridgehead atoms. The fourth-order valence-electron chi connectivity index (χ4n) is 7.04. The largest absolute Gasteiger partial charge is 0.460 e. The molecule has 288 valence electrons. The smallest absolute Gasteiger partial charge is 0.327 e. The van der Waals surface area contributed by atoms with Crippen LogP contribution in [-0.2, 0) is 48.4 Å². The predicted octanol–water partition coefficient (Wildman–Crippen LogP) is 3.82. The number of imidazole rings is 1. The number of aliphatic hydroxyl groups excluding tert-OH is 2. The van der Waals surface area contributed by atoms with E-state index in [0.29, 0.717) is 23.2 Å². The van der Waals surface area contributed by atoms with Crippen molar-refractivity contribution in [3.8, 4) is 0 Å². The third-order valence-electron chi connectivity index (χ3n) is 10.7. The van der Waals surface area contributed by atoms with Crippen molar-refractivity contribution in [3.05, 3.63) is 90.0 Å². The van der Waals surface area contributed by atoms with Gasteiger partial charge in [0.1, 0.15) is 18.8 Å². The molecule has 0 spiro atoms. The average Bonchev–Trinajstić information content (AvgIpc) is 3.88. The summed E-state index contributed by atoms with van der Waals surface area (Å²) in [6, 6.07) is 15.9. The maximum absolute atomic E-state index is 14.2. The number of benzene rings is 2. The van der Waals surface area contributed by atoms with Crippen LogP contribution in [0.4, 0.5) is 0 Å². The molecule has 0 aliphatic heterocycles. The van der Waals surface area contributed by atoms with Crippen molar-refractivity contribution >= 4 is 27.6 Å². The lowest BCUT2D eigenvalue weighted by atomic mass is 9.82. The van der Waals surface area contributed by atoms with Crippen molar-refractivity contribution < 1.29 is 37.8 Å². The Morgan fingerprint density at radius 1 is 0.887 bits per heavy atom. The molecule has 3 aromatic rings. The molecule has 5 N–H and O–H groups in total. The molecule has 13 heteroatoms. The van der Waals surface area contributed by atoms with E-state index in [9.17, 15) is 33.0 Å². The number of esters is 1. The van der Waals surface area contributed by atoms with Gasteiger partial charge in [0, 0.05) is 12.6 Å². The van der Waals surface area contributed by atoms with Gasteiger partial charge in [-0.3, -0.25) is 14.4 Å². The van der Waals surface area contributed by atoms with Crippen molar-refractivity contribution in [2.24, 2.45) is 17.8 Å². The summed E-state index contributed by atoms with van der Waals surface area (Å²) in [5, 5.41) is 28.0. The van der Waals surface area contributed by atoms with Gasteiger partial charge in [0.05, 0.1) is 35.8 Å². The van der Waals surface area contributed by atoms with Crippen LogP contribution < -0.4 is 10.6 Å². The summed E-state index contributed by atoms with van der Waals surface area (Å²) in [6.07, 6.45) is 8.24. The zero-order chi connectivity index (χ0) is 38.0. The summed E-state index contributed by atoms with van der Waals surface area (Å²) >= 11 is 0. The molecular weight excluding hydrogens is 697 g/mol. The minimum Gasteiger partial charge on any atom is -0.460 e. The van der Waals surface area contributed by atoms with Gasteiger partial charge < -0.3 is 30.6 Å². The SMILES string of the molecule is CC(C)(C(=O)OCc1ccccc1)S(=O)(=O)C[C@H](Cc1ccccc1)C(=O)N[C@@H](Cc1c[nH]cn1)C(=O)N[C@@H](CC1CCCCC1)[C@@H](O)[C@@H](O)C1CC1. The number of ether oxygens (including phenoxy) is 1. The van der Waals surface area contributed by atoms with E-state index in [-0.39, 0.29) is 31.3 Å². The third-order valence-corrected chi connectivity index (χ3v) is 13.3. The van der Waals surface area contributed by atoms with E-state index in [0.717, 1.165) is 44.9 Å². The Morgan fingerprint density at radius 3 is 2.13 bits per heavy atom. The van der Waals surface area contributed by atoms with Crippen molar-refractivity contribution in [3.63, 3.8) is 0 Å². The molecule has 2 saturated carbocycles. The second-order valence-corrected chi connectivity index (χ2v) is 17.8. The second kappa shape index (κ2) is 18.3. The molecule has 0 saturated heterocycles. The highest BCUT2D eigenvalue weighted by molar-refractivity contribution is 7.93. The Morgan fingerprint density at radius 2 is 1.53 bits per heavy atom. The lowest BCUT2D eigenvalue weighted by Crippen LogP contribution is -2.57. The Kier molecular flexibility index (Phi) is 13.9. The van der Waals surface area contributed by atoms with Gasteiger partial charge in [-0.2, -0.15) is 0 Å². The van der Waals surface area contributed by atoms with Gasteiger partial charge in [-0.05, 0) is 62.5 Å². The van der Waals surface area contributed by atoms with E-state index in [2.05, 4.69) is 20.6 Å². The predicted molar refractivity (Wildman–Crippen MR) is 200 cm³/mol. The van der Waals surface area contributed by atoms with Crippen LogP contribution in [0.5, 0.6) is 0 Å². The molecule has 2 aliphatic rings. The van der Waals surface area contributed by atoms with Crippen LogP contribution in [0.15, 0.2) is 73.2 Å². The Bertz CT molecular complexity index is 1730. The summed E-state index contributed by atoms with van der Waals surface area (Å²) < 4.78 is 31.4. The maximum Gasteiger partial charge on any atom is 0.327 e. The number of aromatic amines is 1. The van der Waals surface area contributed by atoms with Gasteiger partial charge in [-0.15, -0.1) is 0 Å². The van der Waals surface area contributed by atoms with Crippen molar-refractivity contribution in [1.29, 1.82) is 0 Å². The van der Waals surface area contributed by atoms with E-state index < -0.39 is 68.3 Å². The van der Waals surface area contributed by atoms with Gasteiger partial charge in [-0.25, -0.2) is 13.4 Å². The van der Waals surface area contributed by atoms with Gasteiger partial charge in [-0.1, -0.05) is 92.8 Å². The number of nitrogens with zero attached hydrogens (tertiary/aromatic N) is 1. The summed E-state index contributed by atoms with van der Waals surface area (Å²) in [5.41, 5.74) is 1.89. The lowest BCUT2D eigenvalue weighted by molar-refractivity contribution is -0.147. The summed E-state index contributed by atoms with van der Waals surface area (Å²) in [6.45, 7) is 2.44. The van der Waals surface area contributed by atoms with Crippen LogP contribution in [0.25, 0.3) is 0 Å². The first-order chi connectivity index (χ1) is 25.3. The molecule has 53 heavy (non-hydrogen) atoms. The van der Waals surface area contributed by atoms with Crippen LogP contribution in [-0.4, -0.2) is 81.2 Å². The fraction of sp³-hybridized carbons (Fsp3) is 0.550. The molecule has 2 aromatic carbocycles. The van der Waals surface area contributed by atoms with Crippen LogP contribution in [0.3, 0.4) is 0 Å². The molecular formula is C40H54N4O8S. The molecule has 5 atom stereocenters. The minimum absolute atomic E-state index is 0.0133. The fourth-order valence-corrected chi connectivity index (χ4v) is 8.57. The minimum atomic E-state index is -4.31. The van der Waals surface area contributed by atoms with Crippen molar-refractivity contribution in [2.75, 3.05) is 5.75 Å². The van der Waals surface area contributed by atoms with Gasteiger partial charge in [0.15, 0.2) is 14.6 Å². The number of hydrogen-bond acceptors (Lipinski definition) is 9. The number of nitrogens with one attached hydrogen (secondary N) is 3. The molecule has 1 aromatic heterocycles. The molecule has 2 fully saturated rings. The quantitative estimate of drug-likeness (QED) is 0.114. The Hall–Kier alpha value is -4.07. The standard InChI is InChI=1S/C40H54N4O8S/c1-40(2,39(49)52-24-29-16-10-5-11-17-29)53(50,51)25-31(20-27-12-6-3-7-13-27)37(47)44-34(22-32-23-41-26-42-32)38(48)43-33(21-28-14-8-4-9-15-28)36(46)35(45)30-18-19-30/h3,5-7,10-13,16-17,23,26,28,30-31,33-36,45-46H,4,8-9,14-15,18-22,24-25H2,1-2H3,(H,41,42)(H,43,48)(H,44,47)/t31-,33-,34-,35-,36+/m0/s1. The third kappa shape index (κ3) is 11.2. The summed E-state index contributed by atoms with van der Waals surface area (Å²) in [4.78, 5) is 48.7. The van der Waals surface area contributed by atoms with Crippen LogP contribution >= 0.6 is 0 Å². The molecule has 1 heterocycles. The van der Waals surface area contributed by atoms with E-state index in [1.54, 1.807) is 54.7 Å². The first kappa shape index (κ1) is 40.1. The first-order valence-electron chi connectivity index (χ1n) is 18.8. The molecule has 0 radical (unpaired) electrons. The molecule has 2 aliphatic carbocycles. The Labute approximate surface area is 312 Å². The van der Waals surface area contributed by atoms with Crippen molar-refractivity contribution in [2.45, 2.75) is 114 Å². The molecule has 2 amide bonds. The first-order valence-corrected chi connectivity index (χ1v) is 20.4. The highest BCUT2D eigenvalue weighted by Gasteiger charge is 2.46. The van der Waals surface area contributed by atoms with E-state index >= 15 is 0 Å². The lowest BCUT2D eigenvalue weighted by Gasteiger charge is -2.33. The number of carbonyl (C=O) groups is 3. The van der Waals surface area contributed by atoms with Gasteiger partial charge in [0.2, 0.25) is 11.8 Å². The number of H-pyrrole nitrogens is 1. The highest BCUT2D eigenvalue weighted by Crippen LogP contribution is 2.36. The summed E-state index contributed by atoms with van der Waals surface area (Å²) in [5.74, 6) is -3.81. The number of aliphatic hydroxyl groups is 2. The van der Waals surface area contributed by atoms with Crippen molar-refractivity contribution in [1.82, 2.24) is 20.6 Å². The van der Waals surface area contributed by atoms with Crippen LogP contribution in [0.2, 0.25) is 0 Å². The second-order valence-electron chi connectivity index (χ2n) is 15.2. The summed E-state index contributed by atoms with van der Waals surface area (Å²) in [7, 11) is -4.31.